The van der Waals surface area contributed by atoms with Crippen LogP contribution in [0, 0.1) is 12.8 Å². The van der Waals surface area contributed by atoms with Crippen molar-refractivity contribution in [3.8, 4) is 0 Å². The van der Waals surface area contributed by atoms with Crippen molar-refractivity contribution in [1.82, 2.24) is 20.4 Å². The maximum absolute atomic E-state index is 12.6. The molecule has 2 amide bonds. The molecule has 1 aliphatic rings. The fraction of sp³-hybridized carbons (Fsp3) is 0.500. The highest BCUT2D eigenvalue weighted by molar-refractivity contribution is 5.94. The number of halogens is 3. The summed E-state index contributed by atoms with van der Waals surface area (Å²) in [5, 5.41) is 6.59. The van der Waals surface area contributed by atoms with E-state index in [9.17, 15) is 22.8 Å². The molecule has 1 aromatic carbocycles. The largest absolute Gasteiger partial charge is 0.416 e. The monoisotopic (exact) mass is 424 g/mol. The summed E-state index contributed by atoms with van der Waals surface area (Å²) >= 11 is 0. The molecule has 1 saturated heterocycles. The molecule has 162 valence electrons. The number of piperidine rings is 1. The number of benzene rings is 1. The minimum Gasteiger partial charge on any atom is -0.356 e. The van der Waals surface area contributed by atoms with Crippen molar-refractivity contribution in [1.29, 1.82) is 0 Å². The lowest BCUT2D eigenvalue weighted by molar-refractivity contribution is -0.137. The molecule has 1 aliphatic heterocycles. The van der Waals surface area contributed by atoms with Gasteiger partial charge >= 0.3 is 6.18 Å². The number of aromatic nitrogens is 2. The van der Waals surface area contributed by atoms with Crippen LogP contribution in [0.5, 0.6) is 0 Å². The molecule has 30 heavy (non-hydrogen) atoms. The van der Waals surface area contributed by atoms with Crippen molar-refractivity contribution in [3.63, 3.8) is 0 Å². The van der Waals surface area contributed by atoms with E-state index in [1.807, 2.05) is 0 Å². The molecule has 2 aromatic rings. The van der Waals surface area contributed by atoms with Crippen LogP contribution in [0.2, 0.25) is 0 Å². The Balaban J connectivity index is 1.41. The van der Waals surface area contributed by atoms with Crippen molar-refractivity contribution in [2.75, 3.05) is 19.6 Å². The fourth-order valence-corrected chi connectivity index (χ4v) is 3.37. The minimum atomic E-state index is -4.43. The second-order valence-electron chi connectivity index (χ2n) is 7.27. The zero-order valence-corrected chi connectivity index (χ0v) is 16.5. The molecule has 0 spiro atoms. The maximum atomic E-state index is 12.6. The number of carbonyl (C=O) groups is 2. The third-order valence-corrected chi connectivity index (χ3v) is 5.05. The average Bonchev–Trinajstić information content (AvgIpc) is 3.15. The maximum Gasteiger partial charge on any atom is 0.416 e. The van der Waals surface area contributed by atoms with Crippen LogP contribution in [0.25, 0.3) is 0 Å². The molecular formula is C20H23F3N4O3. The van der Waals surface area contributed by atoms with Crippen LogP contribution < -0.4 is 5.32 Å². The normalized spacial score (nSPS) is 15.3. The Morgan fingerprint density at radius 1 is 1.20 bits per heavy atom. The van der Waals surface area contributed by atoms with Crippen LogP contribution in [0.1, 0.15) is 46.9 Å². The summed E-state index contributed by atoms with van der Waals surface area (Å²) in [7, 11) is 0. The fourth-order valence-electron chi connectivity index (χ4n) is 3.37. The molecule has 3 rings (SSSR count). The van der Waals surface area contributed by atoms with Crippen molar-refractivity contribution in [3.05, 3.63) is 47.1 Å². The number of hydrogen-bond donors (Lipinski definition) is 1. The van der Waals surface area contributed by atoms with Crippen LogP contribution in [0.4, 0.5) is 13.2 Å². The Hall–Kier alpha value is -2.91. The summed E-state index contributed by atoms with van der Waals surface area (Å²) in [5.41, 5.74) is -0.578. The molecule has 0 unspecified atom stereocenters. The first kappa shape index (κ1) is 21.8. The number of rotatable bonds is 6. The van der Waals surface area contributed by atoms with E-state index < -0.39 is 11.7 Å². The summed E-state index contributed by atoms with van der Waals surface area (Å²) in [6.07, 6.45) is -2.14. The Bertz CT molecular complexity index is 872. The summed E-state index contributed by atoms with van der Waals surface area (Å²) in [5.74, 6) is 0.548. The van der Waals surface area contributed by atoms with Gasteiger partial charge in [0.2, 0.25) is 11.8 Å². The second-order valence-corrected chi connectivity index (χ2v) is 7.27. The lowest BCUT2D eigenvalue weighted by Gasteiger charge is -2.31. The topological polar surface area (TPSA) is 88.3 Å². The van der Waals surface area contributed by atoms with Crippen LogP contribution in [-0.4, -0.2) is 46.5 Å². The van der Waals surface area contributed by atoms with E-state index in [-0.39, 0.29) is 23.3 Å². The Kier molecular flexibility index (Phi) is 6.73. The highest BCUT2D eigenvalue weighted by atomic mass is 19.4. The SMILES string of the molecule is Cc1noc(CCCNC(=O)C2CCN(C(=O)c3ccc(C(F)(F)F)cc3)CC2)n1. The third kappa shape index (κ3) is 5.58. The second kappa shape index (κ2) is 9.27. The smallest absolute Gasteiger partial charge is 0.356 e. The molecule has 0 radical (unpaired) electrons. The van der Waals surface area contributed by atoms with Gasteiger partial charge in [-0.2, -0.15) is 18.2 Å². The average molecular weight is 424 g/mol. The first-order chi connectivity index (χ1) is 14.2. The molecule has 0 bridgehead atoms. The van der Waals surface area contributed by atoms with Crippen molar-refractivity contribution in [2.45, 2.75) is 38.8 Å². The zero-order valence-electron chi connectivity index (χ0n) is 16.5. The molecule has 1 aromatic heterocycles. The van der Waals surface area contributed by atoms with E-state index in [0.29, 0.717) is 57.0 Å². The van der Waals surface area contributed by atoms with Gasteiger partial charge in [-0.15, -0.1) is 0 Å². The number of likely N-dealkylation sites (tertiary alicyclic amines) is 1. The molecule has 2 heterocycles. The standard InChI is InChI=1S/C20H23F3N4O3/c1-13-25-17(30-26-13)3-2-10-24-18(28)14-8-11-27(12-9-14)19(29)15-4-6-16(7-5-15)20(21,22)23/h4-7,14H,2-3,8-12H2,1H3,(H,24,28). The predicted molar refractivity (Wildman–Crippen MR) is 100 cm³/mol. The lowest BCUT2D eigenvalue weighted by Crippen LogP contribution is -2.43. The number of nitrogens with zero attached hydrogens (tertiary/aromatic N) is 3. The van der Waals surface area contributed by atoms with E-state index in [1.165, 1.54) is 12.1 Å². The van der Waals surface area contributed by atoms with E-state index >= 15 is 0 Å². The van der Waals surface area contributed by atoms with Gasteiger partial charge in [0, 0.05) is 37.5 Å². The molecule has 7 nitrogen and oxygen atoms in total. The van der Waals surface area contributed by atoms with Crippen molar-refractivity contribution >= 4 is 11.8 Å². The molecule has 10 heteroatoms. The Labute approximate surface area is 171 Å². The predicted octanol–water partition coefficient (Wildman–Crippen LogP) is 3.00. The number of amides is 2. The van der Waals surface area contributed by atoms with Crippen molar-refractivity contribution < 1.29 is 27.3 Å². The number of aryl methyl sites for hydroxylation is 2. The van der Waals surface area contributed by atoms with Gasteiger partial charge in [-0.25, -0.2) is 0 Å². The molecular weight excluding hydrogens is 401 g/mol. The highest BCUT2D eigenvalue weighted by Crippen LogP contribution is 2.29. The Morgan fingerprint density at radius 2 is 1.87 bits per heavy atom. The summed E-state index contributed by atoms with van der Waals surface area (Å²) in [6, 6.07) is 4.19. The summed E-state index contributed by atoms with van der Waals surface area (Å²) in [4.78, 5) is 30.5. The number of alkyl halides is 3. The van der Waals surface area contributed by atoms with Gasteiger partial charge in [0.1, 0.15) is 0 Å². The minimum absolute atomic E-state index is 0.0571. The third-order valence-electron chi connectivity index (χ3n) is 5.05. The lowest BCUT2D eigenvalue weighted by atomic mass is 9.95. The van der Waals surface area contributed by atoms with E-state index in [0.717, 1.165) is 12.1 Å². The van der Waals surface area contributed by atoms with E-state index in [4.69, 9.17) is 4.52 Å². The van der Waals surface area contributed by atoms with Gasteiger partial charge in [-0.05, 0) is 50.5 Å². The quantitative estimate of drug-likeness (QED) is 0.721. The van der Waals surface area contributed by atoms with Crippen LogP contribution in [0.15, 0.2) is 28.8 Å². The number of nitrogens with one attached hydrogen (secondary N) is 1. The molecule has 0 saturated carbocycles. The van der Waals surface area contributed by atoms with Gasteiger partial charge < -0.3 is 14.7 Å². The summed E-state index contributed by atoms with van der Waals surface area (Å²) in [6.45, 7) is 3.01. The molecule has 0 aliphatic carbocycles. The highest BCUT2D eigenvalue weighted by Gasteiger charge is 2.31. The summed E-state index contributed by atoms with van der Waals surface area (Å²) < 4.78 is 43.0. The van der Waals surface area contributed by atoms with Gasteiger partial charge in [0.25, 0.3) is 5.91 Å². The van der Waals surface area contributed by atoms with E-state index in [1.54, 1.807) is 11.8 Å². The van der Waals surface area contributed by atoms with Crippen molar-refractivity contribution in [2.24, 2.45) is 5.92 Å². The van der Waals surface area contributed by atoms with Crippen LogP contribution in [-0.2, 0) is 17.4 Å². The van der Waals surface area contributed by atoms with Crippen LogP contribution >= 0.6 is 0 Å². The van der Waals surface area contributed by atoms with Gasteiger partial charge in [-0.1, -0.05) is 5.16 Å². The van der Waals surface area contributed by atoms with Gasteiger partial charge in [0.05, 0.1) is 5.56 Å². The van der Waals surface area contributed by atoms with Gasteiger partial charge in [-0.3, -0.25) is 9.59 Å². The zero-order chi connectivity index (χ0) is 21.7. The van der Waals surface area contributed by atoms with Gasteiger partial charge in [0.15, 0.2) is 5.82 Å². The first-order valence-electron chi connectivity index (χ1n) is 9.77. The first-order valence-corrected chi connectivity index (χ1v) is 9.77. The molecule has 1 fully saturated rings. The Morgan fingerprint density at radius 3 is 2.43 bits per heavy atom. The number of hydrogen-bond acceptors (Lipinski definition) is 5. The van der Waals surface area contributed by atoms with E-state index in [2.05, 4.69) is 15.5 Å². The molecule has 1 N–H and O–H groups in total. The van der Waals surface area contributed by atoms with Crippen LogP contribution in [0.3, 0.4) is 0 Å². The molecule has 0 atom stereocenters. The number of carbonyl (C=O) groups excluding carboxylic acids is 2.